The number of benzene rings is 1. The van der Waals surface area contributed by atoms with Gasteiger partial charge in [-0.25, -0.2) is 4.79 Å². The van der Waals surface area contributed by atoms with Gasteiger partial charge in [0.25, 0.3) is 5.91 Å². The zero-order chi connectivity index (χ0) is 16.2. The maximum atomic E-state index is 12.6. The number of nitrogens with zero attached hydrogens (tertiary/aromatic N) is 1. The second-order valence-electron chi connectivity index (χ2n) is 6.10. The first kappa shape index (κ1) is 15.5. The average Bonchev–Trinajstić information content (AvgIpc) is 2.88. The third-order valence-corrected chi connectivity index (χ3v) is 4.47. The average molecular weight is 315 g/mol. The Morgan fingerprint density at radius 3 is 2.61 bits per heavy atom. The molecule has 4 amide bonds. The van der Waals surface area contributed by atoms with Crippen LogP contribution in [-0.4, -0.2) is 35.3 Å². The summed E-state index contributed by atoms with van der Waals surface area (Å²) in [6, 6.07) is 6.95. The van der Waals surface area contributed by atoms with Gasteiger partial charge in [-0.3, -0.25) is 14.5 Å². The molecule has 0 unspecified atom stereocenters. The van der Waals surface area contributed by atoms with Crippen LogP contribution in [0.3, 0.4) is 0 Å². The largest absolute Gasteiger partial charge is 0.349 e. The second kappa shape index (κ2) is 6.81. The Balaban J connectivity index is 1.73. The fourth-order valence-electron chi connectivity index (χ4n) is 3.18. The van der Waals surface area contributed by atoms with E-state index >= 15 is 0 Å². The van der Waals surface area contributed by atoms with Crippen molar-refractivity contribution in [3.05, 3.63) is 35.4 Å². The highest BCUT2D eigenvalue weighted by molar-refractivity contribution is 6.02. The van der Waals surface area contributed by atoms with Crippen LogP contribution in [0.25, 0.3) is 0 Å². The summed E-state index contributed by atoms with van der Waals surface area (Å²) in [6.45, 7) is 0.147. The van der Waals surface area contributed by atoms with Crippen LogP contribution in [0.5, 0.6) is 0 Å². The summed E-state index contributed by atoms with van der Waals surface area (Å²) in [5.41, 5.74) is 1.22. The van der Waals surface area contributed by atoms with E-state index in [9.17, 15) is 14.4 Å². The summed E-state index contributed by atoms with van der Waals surface area (Å²) in [4.78, 5) is 37.1. The first-order valence-electron chi connectivity index (χ1n) is 8.12. The summed E-state index contributed by atoms with van der Waals surface area (Å²) in [7, 11) is 0. The minimum absolute atomic E-state index is 0.0231. The number of rotatable bonds is 4. The number of hydrogen-bond donors (Lipinski definition) is 2. The maximum absolute atomic E-state index is 12.6. The van der Waals surface area contributed by atoms with Crippen molar-refractivity contribution in [2.75, 3.05) is 6.54 Å². The SMILES string of the molecule is O=C(NC1CCCCC1)c1ccccc1CN1C(=O)CNC1=O. The summed E-state index contributed by atoms with van der Waals surface area (Å²) in [5, 5.41) is 5.57. The fourth-order valence-corrected chi connectivity index (χ4v) is 3.18. The third-order valence-electron chi connectivity index (χ3n) is 4.47. The molecule has 0 aromatic heterocycles. The highest BCUT2D eigenvalue weighted by atomic mass is 16.2. The van der Waals surface area contributed by atoms with Crippen molar-refractivity contribution >= 4 is 17.8 Å². The molecule has 1 aliphatic carbocycles. The third kappa shape index (κ3) is 3.52. The van der Waals surface area contributed by atoms with Crippen LogP contribution in [-0.2, 0) is 11.3 Å². The Labute approximate surface area is 135 Å². The van der Waals surface area contributed by atoms with E-state index in [1.807, 2.05) is 6.07 Å². The van der Waals surface area contributed by atoms with Gasteiger partial charge in [-0.1, -0.05) is 37.5 Å². The van der Waals surface area contributed by atoms with Crippen LogP contribution in [0.4, 0.5) is 4.79 Å². The van der Waals surface area contributed by atoms with Gasteiger partial charge in [0.05, 0.1) is 13.1 Å². The summed E-state index contributed by atoms with van der Waals surface area (Å²) >= 11 is 0. The molecule has 6 heteroatoms. The highest BCUT2D eigenvalue weighted by Gasteiger charge is 2.29. The zero-order valence-corrected chi connectivity index (χ0v) is 13.0. The van der Waals surface area contributed by atoms with Gasteiger partial charge in [-0.15, -0.1) is 0 Å². The van der Waals surface area contributed by atoms with Crippen molar-refractivity contribution in [1.82, 2.24) is 15.5 Å². The lowest BCUT2D eigenvalue weighted by Crippen LogP contribution is -2.37. The molecule has 1 aliphatic heterocycles. The molecule has 1 aromatic carbocycles. The van der Waals surface area contributed by atoms with E-state index in [0.29, 0.717) is 11.1 Å². The van der Waals surface area contributed by atoms with Crippen LogP contribution in [0.2, 0.25) is 0 Å². The van der Waals surface area contributed by atoms with Crippen LogP contribution in [0.1, 0.15) is 48.0 Å². The van der Waals surface area contributed by atoms with Gasteiger partial charge in [-0.2, -0.15) is 0 Å². The van der Waals surface area contributed by atoms with Gasteiger partial charge in [0.1, 0.15) is 0 Å². The van der Waals surface area contributed by atoms with Crippen molar-refractivity contribution in [3.63, 3.8) is 0 Å². The van der Waals surface area contributed by atoms with E-state index in [2.05, 4.69) is 10.6 Å². The van der Waals surface area contributed by atoms with Crippen LogP contribution in [0.15, 0.2) is 24.3 Å². The lowest BCUT2D eigenvalue weighted by atomic mass is 9.95. The molecular weight excluding hydrogens is 294 g/mol. The molecule has 1 saturated carbocycles. The van der Waals surface area contributed by atoms with E-state index in [0.717, 1.165) is 30.6 Å². The van der Waals surface area contributed by atoms with Crippen LogP contribution < -0.4 is 10.6 Å². The predicted octanol–water partition coefficient (Wildman–Crippen LogP) is 1.80. The van der Waals surface area contributed by atoms with Crippen molar-refractivity contribution in [1.29, 1.82) is 0 Å². The van der Waals surface area contributed by atoms with E-state index in [1.54, 1.807) is 18.2 Å². The standard InChI is InChI=1S/C17H21N3O3/c21-15-10-18-17(23)20(15)11-12-6-4-5-9-14(12)16(22)19-13-7-2-1-3-8-13/h4-6,9,13H,1-3,7-8,10-11H2,(H,18,23)(H,19,22). The predicted molar refractivity (Wildman–Crippen MR) is 84.7 cm³/mol. The normalized spacial score (nSPS) is 18.9. The first-order valence-corrected chi connectivity index (χ1v) is 8.12. The molecule has 1 heterocycles. The fraction of sp³-hybridized carbons (Fsp3) is 0.471. The van der Waals surface area contributed by atoms with Crippen molar-refractivity contribution in [3.8, 4) is 0 Å². The lowest BCUT2D eigenvalue weighted by Gasteiger charge is -2.23. The van der Waals surface area contributed by atoms with Gasteiger partial charge in [0.15, 0.2) is 0 Å². The number of amides is 4. The molecule has 0 bridgehead atoms. The Bertz CT molecular complexity index is 607. The zero-order valence-electron chi connectivity index (χ0n) is 13.0. The highest BCUT2D eigenvalue weighted by Crippen LogP contribution is 2.19. The molecule has 23 heavy (non-hydrogen) atoms. The summed E-state index contributed by atoms with van der Waals surface area (Å²) in [5.74, 6) is -0.392. The second-order valence-corrected chi connectivity index (χ2v) is 6.10. The van der Waals surface area contributed by atoms with Crippen molar-refractivity contribution in [2.45, 2.75) is 44.7 Å². The van der Waals surface area contributed by atoms with Crippen molar-refractivity contribution in [2.24, 2.45) is 0 Å². The maximum Gasteiger partial charge on any atom is 0.324 e. The molecule has 0 radical (unpaired) electrons. The number of carbonyl (C=O) groups excluding carboxylic acids is 3. The minimum atomic E-state index is -0.405. The summed E-state index contributed by atoms with van der Waals surface area (Å²) in [6.07, 6.45) is 5.56. The number of carbonyl (C=O) groups is 3. The molecule has 3 rings (SSSR count). The first-order chi connectivity index (χ1) is 11.1. The topological polar surface area (TPSA) is 78.5 Å². The van der Waals surface area contributed by atoms with E-state index in [-0.39, 0.29) is 30.9 Å². The quantitative estimate of drug-likeness (QED) is 0.832. The van der Waals surface area contributed by atoms with Gasteiger partial charge >= 0.3 is 6.03 Å². The smallest absolute Gasteiger partial charge is 0.324 e. The molecule has 6 nitrogen and oxygen atoms in total. The monoisotopic (exact) mass is 315 g/mol. The van der Waals surface area contributed by atoms with E-state index in [1.165, 1.54) is 6.42 Å². The Kier molecular flexibility index (Phi) is 4.60. The molecule has 122 valence electrons. The lowest BCUT2D eigenvalue weighted by molar-refractivity contribution is -0.125. The minimum Gasteiger partial charge on any atom is -0.349 e. The Morgan fingerprint density at radius 2 is 1.91 bits per heavy atom. The van der Waals surface area contributed by atoms with Crippen molar-refractivity contribution < 1.29 is 14.4 Å². The Hall–Kier alpha value is -2.37. The van der Waals surface area contributed by atoms with Gasteiger partial charge in [-0.05, 0) is 24.5 Å². The number of hydrogen-bond acceptors (Lipinski definition) is 3. The molecule has 0 spiro atoms. The molecule has 2 aliphatic rings. The van der Waals surface area contributed by atoms with Gasteiger partial charge in [0, 0.05) is 11.6 Å². The molecule has 2 N–H and O–H groups in total. The number of imide groups is 1. The number of nitrogens with one attached hydrogen (secondary N) is 2. The Morgan fingerprint density at radius 1 is 1.17 bits per heavy atom. The molecule has 2 fully saturated rings. The molecular formula is C17H21N3O3. The van der Waals surface area contributed by atoms with E-state index in [4.69, 9.17) is 0 Å². The van der Waals surface area contributed by atoms with Gasteiger partial charge in [0.2, 0.25) is 5.91 Å². The van der Waals surface area contributed by atoms with Gasteiger partial charge < -0.3 is 10.6 Å². The van der Waals surface area contributed by atoms with E-state index < -0.39 is 6.03 Å². The number of urea groups is 1. The molecule has 1 saturated heterocycles. The molecule has 0 atom stereocenters. The molecule has 1 aromatic rings. The van der Waals surface area contributed by atoms with Crippen LogP contribution >= 0.6 is 0 Å². The van der Waals surface area contributed by atoms with Crippen LogP contribution in [0, 0.1) is 0 Å². The summed E-state index contributed by atoms with van der Waals surface area (Å²) < 4.78 is 0.